The molecule has 3 rings (SSSR count). The number of fused-ring (bicyclic) bond motifs is 1. The molecule has 2 nitrogen and oxygen atoms in total. The highest BCUT2D eigenvalue weighted by molar-refractivity contribution is 7.99. The molecule has 1 N–H and O–H groups in total. The number of rotatable bonds is 5. The minimum Gasteiger partial charge on any atom is -0.333 e. The highest BCUT2D eigenvalue weighted by Gasteiger charge is 2.04. The molecule has 108 valence electrons. The summed E-state index contributed by atoms with van der Waals surface area (Å²) in [5.74, 6) is 0.872. The normalized spacial score (nSPS) is 10.3. The van der Waals surface area contributed by atoms with Crippen molar-refractivity contribution in [2.45, 2.75) is 11.6 Å². The van der Waals surface area contributed by atoms with Crippen LogP contribution < -0.4 is 0 Å². The minimum absolute atomic E-state index is 0. The molecule has 2 aromatic carbocycles. The molecule has 0 aliphatic heterocycles. The molecule has 4 heteroatoms. The average molecular weight is 317 g/mol. The number of hydrogen-bond acceptors (Lipinski definition) is 2. The van der Waals surface area contributed by atoms with Crippen LogP contribution in [0, 0.1) is 0 Å². The Balaban J connectivity index is 0.00000161. The van der Waals surface area contributed by atoms with Gasteiger partial charge in [0, 0.05) is 5.75 Å². The third kappa shape index (κ3) is 3.90. The van der Waals surface area contributed by atoms with Gasteiger partial charge in [-0.3, -0.25) is 0 Å². The van der Waals surface area contributed by atoms with Crippen LogP contribution in [0.25, 0.3) is 11.0 Å². The molecule has 0 fully saturated rings. The van der Waals surface area contributed by atoms with E-state index in [1.807, 2.05) is 12.1 Å². The molecule has 3 aromatic rings. The first kappa shape index (κ1) is 15.7. The molecule has 1 aromatic heterocycles. The molecule has 0 bridgehead atoms. The Kier molecular flexibility index (Phi) is 5.48. The van der Waals surface area contributed by atoms with Crippen molar-refractivity contribution in [3.63, 3.8) is 0 Å². The van der Waals surface area contributed by atoms with E-state index < -0.39 is 0 Å². The summed E-state index contributed by atoms with van der Waals surface area (Å²) in [5.41, 5.74) is 4.73. The van der Waals surface area contributed by atoms with Crippen molar-refractivity contribution in [1.29, 1.82) is 0 Å². The van der Waals surface area contributed by atoms with Gasteiger partial charge in [-0.1, -0.05) is 54.2 Å². The van der Waals surface area contributed by atoms with E-state index in [-0.39, 0.29) is 12.4 Å². The summed E-state index contributed by atoms with van der Waals surface area (Å²) >= 11 is 1.67. The van der Waals surface area contributed by atoms with E-state index in [2.05, 4.69) is 59.0 Å². The SMILES string of the molecule is C=CCSc1nc2cc(Cc3ccccc3)ccc2[nH]1.Cl. The highest BCUT2D eigenvalue weighted by Crippen LogP contribution is 2.21. The lowest BCUT2D eigenvalue weighted by Crippen LogP contribution is -1.87. The number of nitrogens with one attached hydrogen (secondary N) is 1. The Bertz CT molecular complexity index is 722. The lowest BCUT2D eigenvalue weighted by atomic mass is 10.0. The van der Waals surface area contributed by atoms with E-state index in [4.69, 9.17) is 0 Å². The maximum Gasteiger partial charge on any atom is 0.166 e. The zero-order valence-electron chi connectivity index (χ0n) is 11.6. The van der Waals surface area contributed by atoms with Crippen molar-refractivity contribution in [2.75, 3.05) is 5.75 Å². The van der Waals surface area contributed by atoms with E-state index in [0.717, 1.165) is 28.4 Å². The van der Waals surface area contributed by atoms with Crippen molar-refractivity contribution in [3.05, 3.63) is 72.3 Å². The lowest BCUT2D eigenvalue weighted by Gasteiger charge is -2.01. The van der Waals surface area contributed by atoms with Crippen molar-refractivity contribution in [1.82, 2.24) is 9.97 Å². The van der Waals surface area contributed by atoms with Gasteiger partial charge in [-0.2, -0.15) is 0 Å². The summed E-state index contributed by atoms with van der Waals surface area (Å²) in [6.07, 6.45) is 2.83. The number of benzene rings is 2. The maximum atomic E-state index is 4.61. The summed E-state index contributed by atoms with van der Waals surface area (Å²) in [7, 11) is 0. The highest BCUT2D eigenvalue weighted by atomic mass is 35.5. The zero-order chi connectivity index (χ0) is 13.8. The van der Waals surface area contributed by atoms with E-state index >= 15 is 0 Å². The second kappa shape index (κ2) is 7.34. The van der Waals surface area contributed by atoms with Gasteiger partial charge in [0.25, 0.3) is 0 Å². The van der Waals surface area contributed by atoms with Gasteiger partial charge in [-0.15, -0.1) is 19.0 Å². The van der Waals surface area contributed by atoms with Gasteiger partial charge >= 0.3 is 0 Å². The Morgan fingerprint density at radius 3 is 2.67 bits per heavy atom. The second-order valence-electron chi connectivity index (χ2n) is 4.66. The number of thioether (sulfide) groups is 1. The number of H-pyrrole nitrogens is 1. The fourth-order valence-electron chi connectivity index (χ4n) is 2.18. The van der Waals surface area contributed by atoms with Crippen LogP contribution >= 0.6 is 24.2 Å². The molecular formula is C17H17ClN2S. The molecule has 0 atom stereocenters. The maximum absolute atomic E-state index is 4.61. The Morgan fingerprint density at radius 2 is 1.90 bits per heavy atom. The molecular weight excluding hydrogens is 300 g/mol. The third-order valence-electron chi connectivity index (χ3n) is 3.11. The van der Waals surface area contributed by atoms with Gasteiger partial charge < -0.3 is 4.98 Å². The quantitative estimate of drug-likeness (QED) is 0.538. The van der Waals surface area contributed by atoms with Crippen molar-refractivity contribution >= 4 is 35.2 Å². The Hall–Kier alpha value is -1.71. The first-order valence-electron chi connectivity index (χ1n) is 6.61. The second-order valence-corrected chi connectivity index (χ2v) is 5.66. The van der Waals surface area contributed by atoms with Crippen molar-refractivity contribution in [2.24, 2.45) is 0 Å². The van der Waals surface area contributed by atoms with Crippen LogP contribution in [0.4, 0.5) is 0 Å². The number of imidazole rings is 1. The van der Waals surface area contributed by atoms with Gasteiger partial charge in [0.2, 0.25) is 0 Å². The zero-order valence-corrected chi connectivity index (χ0v) is 13.2. The largest absolute Gasteiger partial charge is 0.333 e. The van der Waals surface area contributed by atoms with Crippen LogP contribution in [0.2, 0.25) is 0 Å². The number of halogens is 1. The van der Waals surface area contributed by atoms with Crippen LogP contribution in [-0.4, -0.2) is 15.7 Å². The smallest absolute Gasteiger partial charge is 0.166 e. The molecule has 21 heavy (non-hydrogen) atoms. The fraction of sp³-hybridized carbons (Fsp3) is 0.118. The molecule has 0 saturated carbocycles. The van der Waals surface area contributed by atoms with E-state index in [9.17, 15) is 0 Å². The van der Waals surface area contributed by atoms with Crippen LogP contribution in [0.15, 0.2) is 66.3 Å². The van der Waals surface area contributed by atoms with Crippen LogP contribution in [0.5, 0.6) is 0 Å². The number of aromatic amines is 1. The first-order chi connectivity index (χ1) is 9.85. The molecule has 0 aliphatic rings. The predicted octanol–water partition coefficient (Wildman–Crippen LogP) is 4.85. The summed E-state index contributed by atoms with van der Waals surface area (Å²) in [5, 5.41) is 0.955. The van der Waals surface area contributed by atoms with Crippen molar-refractivity contribution < 1.29 is 0 Å². The third-order valence-corrected chi connectivity index (χ3v) is 3.98. The number of hydrogen-bond donors (Lipinski definition) is 1. The average Bonchev–Trinajstić information content (AvgIpc) is 2.88. The molecule has 0 saturated heterocycles. The van der Waals surface area contributed by atoms with Crippen LogP contribution in [0.3, 0.4) is 0 Å². The van der Waals surface area contributed by atoms with E-state index in [1.165, 1.54) is 11.1 Å². The van der Waals surface area contributed by atoms with E-state index in [1.54, 1.807) is 11.8 Å². The molecule has 1 heterocycles. The van der Waals surface area contributed by atoms with Gasteiger partial charge in [0.1, 0.15) is 0 Å². The molecule has 0 radical (unpaired) electrons. The summed E-state index contributed by atoms with van der Waals surface area (Å²) in [6, 6.07) is 16.9. The Morgan fingerprint density at radius 1 is 1.10 bits per heavy atom. The summed E-state index contributed by atoms with van der Waals surface area (Å²) in [6.45, 7) is 3.73. The fourth-order valence-corrected chi connectivity index (χ4v) is 2.80. The first-order valence-corrected chi connectivity index (χ1v) is 7.60. The molecule has 0 amide bonds. The van der Waals surface area contributed by atoms with Gasteiger partial charge in [-0.05, 0) is 29.7 Å². The molecule has 0 aliphatic carbocycles. The topological polar surface area (TPSA) is 28.7 Å². The predicted molar refractivity (Wildman–Crippen MR) is 93.5 cm³/mol. The lowest BCUT2D eigenvalue weighted by molar-refractivity contribution is 1.08. The van der Waals surface area contributed by atoms with Gasteiger partial charge in [-0.25, -0.2) is 4.98 Å². The standard InChI is InChI=1S/C17H16N2S.ClH/c1-2-10-20-17-18-15-9-8-14(12-16(15)19-17)11-13-6-4-3-5-7-13;/h2-9,12H,1,10-11H2,(H,18,19);1H. The monoisotopic (exact) mass is 316 g/mol. The summed E-state index contributed by atoms with van der Waals surface area (Å²) in [4.78, 5) is 7.94. The summed E-state index contributed by atoms with van der Waals surface area (Å²) < 4.78 is 0. The van der Waals surface area contributed by atoms with Gasteiger partial charge in [0.05, 0.1) is 11.0 Å². The number of aromatic nitrogens is 2. The van der Waals surface area contributed by atoms with Crippen LogP contribution in [0.1, 0.15) is 11.1 Å². The molecule has 0 spiro atoms. The van der Waals surface area contributed by atoms with Gasteiger partial charge in [0.15, 0.2) is 5.16 Å². The van der Waals surface area contributed by atoms with E-state index in [0.29, 0.717) is 0 Å². The van der Waals surface area contributed by atoms with Crippen molar-refractivity contribution in [3.8, 4) is 0 Å². The minimum atomic E-state index is 0. The van der Waals surface area contributed by atoms with Crippen LogP contribution in [-0.2, 0) is 6.42 Å². The molecule has 0 unspecified atom stereocenters. The number of nitrogens with zero attached hydrogens (tertiary/aromatic N) is 1. The Labute approximate surface area is 135 Å².